The number of carbonyl (C=O) groups is 1. The summed E-state index contributed by atoms with van der Waals surface area (Å²) in [6, 6.07) is 16.9. The van der Waals surface area contributed by atoms with Crippen molar-refractivity contribution >= 4 is 45.0 Å². The van der Waals surface area contributed by atoms with Crippen molar-refractivity contribution < 1.29 is 4.79 Å². The van der Waals surface area contributed by atoms with Crippen LogP contribution in [0.3, 0.4) is 0 Å². The van der Waals surface area contributed by atoms with Crippen LogP contribution in [0, 0.1) is 0 Å². The highest BCUT2D eigenvalue weighted by Gasteiger charge is 2.18. The highest BCUT2D eigenvalue weighted by molar-refractivity contribution is 8.00. The number of hydrogen-bond acceptors (Lipinski definition) is 6. The summed E-state index contributed by atoms with van der Waals surface area (Å²) in [5.41, 5.74) is 2.21. The lowest BCUT2D eigenvalue weighted by molar-refractivity contribution is -0.115. The normalized spacial score (nSPS) is 12.0. The van der Waals surface area contributed by atoms with E-state index in [-0.39, 0.29) is 11.5 Å². The molecule has 0 aliphatic carbocycles. The highest BCUT2D eigenvalue weighted by atomic mass is 32.2. The molecule has 0 radical (unpaired) electrons. The lowest BCUT2D eigenvalue weighted by atomic mass is 10.2. The molecule has 0 saturated carbocycles. The Hall–Kier alpha value is -2.97. The zero-order valence-electron chi connectivity index (χ0n) is 14.9. The SMILES string of the molecule is CC(Sc1nc2ccccc2c(=O)[nH]1)C(=O)Nc1nc(-c2ccccc2)cs1. The van der Waals surface area contributed by atoms with Gasteiger partial charge in [0.1, 0.15) is 0 Å². The molecule has 2 N–H and O–H groups in total. The molecule has 0 aliphatic rings. The molecule has 0 saturated heterocycles. The van der Waals surface area contributed by atoms with Crippen molar-refractivity contribution in [3.63, 3.8) is 0 Å². The van der Waals surface area contributed by atoms with Crippen LogP contribution in [-0.2, 0) is 4.79 Å². The topological polar surface area (TPSA) is 87.7 Å². The Morgan fingerprint density at radius 3 is 2.68 bits per heavy atom. The second-order valence-electron chi connectivity index (χ2n) is 6.04. The molecule has 140 valence electrons. The van der Waals surface area contributed by atoms with E-state index in [9.17, 15) is 9.59 Å². The number of aromatic nitrogens is 3. The van der Waals surface area contributed by atoms with Gasteiger partial charge in [-0.1, -0.05) is 54.2 Å². The Labute approximate surface area is 169 Å². The van der Waals surface area contributed by atoms with E-state index < -0.39 is 5.25 Å². The number of hydrogen-bond donors (Lipinski definition) is 2. The molecule has 1 amide bonds. The molecular weight excluding hydrogens is 392 g/mol. The number of thioether (sulfide) groups is 1. The van der Waals surface area contributed by atoms with Gasteiger partial charge in [0.05, 0.1) is 21.8 Å². The first-order valence-electron chi connectivity index (χ1n) is 8.58. The third kappa shape index (κ3) is 3.97. The zero-order chi connectivity index (χ0) is 19.5. The van der Waals surface area contributed by atoms with Crippen LogP contribution >= 0.6 is 23.1 Å². The minimum atomic E-state index is -0.451. The Balaban J connectivity index is 1.46. The number of para-hydroxylation sites is 1. The van der Waals surface area contributed by atoms with Gasteiger partial charge in [-0.05, 0) is 19.1 Å². The number of benzene rings is 2. The number of fused-ring (bicyclic) bond motifs is 1. The van der Waals surface area contributed by atoms with E-state index >= 15 is 0 Å². The lowest BCUT2D eigenvalue weighted by Gasteiger charge is -2.10. The van der Waals surface area contributed by atoms with Crippen molar-refractivity contribution in [1.29, 1.82) is 0 Å². The number of H-pyrrole nitrogens is 1. The molecule has 0 aliphatic heterocycles. The predicted octanol–water partition coefficient (Wildman–Crippen LogP) is 4.17. The predicted molar refractivity (Wildman–Crippen MR) is 114 cm³/mol. The third-order valence-corrected chi connectivity index (χ3v) is 5.79. The number of aromatic amines is 1. The molecular formula is C20H16N4O2S2. The van der Waals surface area contributed by atoms with Crippen LogP contribution in [0.1, 0.15) is 6.92 Å². The van der Waals surface area contributed by atoms with E-state index in [0.717, 1.165) is 11.3 Å². The Morgan fingerprint density at radius 2 is 1.86 bits per heavy atom. The fraction of sp³-hybridized carbons (Fsp3) is 0.100. The second kappa shape index (κ2) is 7.95. The first-order valence-corrected chi connectivity index (χ1v) is 10.3. The van der Waals surface area contributed by atoms with E-state index in [1.54, 1.807) is 25.1 Å². The highest BCUT2D eigenvalue weighted by Crippen LogP contribution is 2.26. The van der Waals surface area contributed by atoms with Gasteiger partial charge in [-0.25, -0.2) is 9.97 Å². The van der Waals surface area contributed by atoms with Gasteiger partial charge in [0, 0.05) is 10.9 Å². The molecule has 0 spiro atoms. The van der Waals surface area contributed by atoms with Crippen molar-refractivity contribution in [1.82, 2.24) is 15.0 Å². The molecule has 0 fully saturated rings. The molecule has 1 unspecified atom stereocenters. The van der Waals surface area contributed by atoms with Crippen LogP contribution in [0.4, 0.5) is 5.13 Å². The van der Waals surface area contributed by atoms with Crippen LogP contribution in [0.25, 0.3) is 22.2 Å². The molecule has 6 nitrogen and oxygen atoms in total. The van der Waals surface area contributed by atoms with E-state index in [1.165, 1.54) is 23.1 Å². The van der Waals surface area contributed by atoms with E-state index in [0.29, 0.717) is 21.2 Å². The van der Waals surface area contributed by atoms with Gasteiger partial charge in [-0.2, -0.15) is 0 Å². The largest absolute Gasteiger partial charge is 0.301 e. The maximum Gasteiger partial charge on any atom is 0.259 e. The van der Waals surface area contributed by atoms with Crippen LogP contribution in [0.15, 0.2) is 69.9 Å². The van der Waals surface area contributed by atoms with Gasteiger partial charge in [-0.3, -0.25) is 9.59 Å². The Kier molecular flexibility index (Phi) is 5.23. The molecule has 28 heavy (non-hydrogen) atoms. The lowest BCUT2D eigenvalue weighted by Crippen LogP contribution is -2.23. The molecule has 4 aromatic rings. The summed E-state index contributed by atoms with van der Waals surface area (Å²) >= 11 is 2.58. The summed E-state index contributed by atoms with van der Waals surface area (Å²) in [5.74, 6) is -0.199. The summed E-state index contributed by atoms with van der Waals surface area (Å²) < 4.78 is 0. The first kappa shape index (κ1) is 18.4. The monoisotopic (exact) mass is 408 g/mol. The van der Waals surface area contributed by atoms with Crippen LogP contribution < -0.4 is 10.9 Å². The van der Waals surface area contributed by atoms with Gasteiger partial charge in [-0.15, -0.1) is 11.3 Å². The molecule has 2 aromatic carbocycles. The number of carbonyl (C=O) groups excluding carboxylic acids is 1. The number of nitrogens with one attached hydrogen (secondary N) is 2. The number of amides is 1. The molecule has 8 heteroatoms. The molecule has 4 rings (SSSR count). The van der Waals surface area contributed by atoms with E-state index in [4.69, 9.17) is 0 Å². The summed E-state index contributed by atoms with van der Waals surface area (Å²) in [7, 11) is 0. The van der Waals surface area contributed by atoms with Gasteiger partial charge in [0.15, 0.2) is 10.3 Å². The minimum absolute atomic E-state index is 0.199. The van der Waals surface area contributed by atoms with Crippen molar-refractivity contribution in [3.8, 4) is 11.3 Å². The summed E-state index contributed by atoms with van der Waals surface area (Å²) in [4.78, 5) is 36.3. The Morgan fingerprint density at radius 1 is 1.11 bits per heavy atom. The fourth-order valence-corrected chi connectivity index (χ4v) is 4.15. The van der Waals surface area contributed by atoms with Crippen LogP contribution in [0.2, 0.25) is 0 Å². The maximum atomic E-state index is 12.5. The zero-order valence-corrected chi connectivity index (χ0v) is 16.5. The van der Waals surface area contributed by atoms with Crippen molar-refractivity contribution in [3.05, 3.63) is 70.3 Å². The fourth-order valence-electron chi connectivity index (χ4n) is 2.62. The summed E-state index contributed by atoms with van der Waals surface area (Å²) in [6.07, 6.45) is 0. The van der Waals surface area contributed by atoms with Gasteiger partial charge in [0.25, 0.3) is 5.56 Å². The van der Waals surface area contributed by atoms with Gasteiger partial charge >= 0.3 is 0 Å². The van der Waals surface area contributed by atoms with Crippen LogP contribution in [-0.4, -0.2) is 26.1 Å². The standard InChI is InChI=1S/C20H16N4O2S2/c1-12(28-20-21-15-10-6-5-9-14(15)18(26)24-20)17(25)23-19-22-16(11-27-19)13-7-3-2-4-8-13/h2-12H,1H3,(H,21,24,26)(H,22,23,25). The second-order valence-corrected chi connectivity index (χ2v) is 8.23. The minimum Gasteiger partial charge on any atom is -0.301 e. The van der Waals surface area contributed by atoms with Crippen molar-refractivity contribution in [2.75, 3.05) is 5.32 Å². The number of thiazole rings is 1. The average molecular weight is 409 g/mol. The quantitative estimate of drug-likeness (QED) is 0.382. The molecule has 2 heterocycles. The third-order valence-electron chi connectivity index (χ3n) is 4.05. The molecule has 0 bridgehead atoms. The smallest absolute Gasteiger partial charge is 0.259 e. The molecule has 1 atom stereocenters. The number of anilines is 1. The maximum absolute atomic E-state index is 12.5. The van der Waals surface area contributed by atoms with Gasteiger partial charge < -0.3 is 10.3 Å². The Bertz CT molecular complexity index is 1190. The van der Waals surface area contributed by atoms with Crippen molar-refractivity contribution in [2.24, 2.45) is 0 Å². The van der Waals surface area contributed by atoms with E-state index in [2.05, 4.69) is 20.3 Å². The molecule has 2 aromatic heterocycles. The summed E-state index contributed by atoms with van der Waals surface area (Å²) in [6.45, 7) is 1.76. The average Bonchev–Trinajstić information content (AvgIpc) is 3.17. The van der Waals surface area contributed by atoms with Gasteiger partial charge in [0.2, 0.25) is 5.91 Å². The number of nitrogens with zero attached hydrogens (tertiary/aromatic N) is 2. The van der Waals surface area contributed by atoms with Crippen LogP contribution in [0.5, 0.6) is 0 Å². The first-order chi connectivity index (χ1) is 13.6. The number of rotatable bonds is 5. The van der Waals surface area contributed by atoms with Crippen molar-refractivity contribution in [2.45, 2.75) is 17.3 Å². The summed E-state index contributed by atoms with van der Waals surface area (Å²) in [5, 5.41) is 5.77. The van der Waals surface area contributed by atoms with E-state index in [1.807, 2.05) is 41.8 Å².